The zero-order chi connectivity index (χ0) is 25.2. The molecule has 0 atom stereocenters. The number of benzene rings is 1. The summed E-state index contributed by atoms with van der Waals surface area (Å²) in [6.45, 7) is 4.53. The number of esters is 1. The number of carbonyl (C=O) groups excluding carboxylic acids is 1. The summed E-state index contributed by atoms with van der Waals surface area (Å²) in [7, 11) is 0. The minimum atomic E-state index is 0.0508. The van der Waals surface area contributed by atoms with Gasteiger partial charge in [0.15, 0.2) is 0 Å². The van der Waals surface area contributed by atoms with Gasteiger partial charge < -0.3 is 4.74 Å². The van der Waals surface area contributed by atoms with Crippen molar-refractivity contribution in [3.8, 4) is 0 Å². The van der Waals surface area contributed by atoms with Crippen molar-refractivity contribution in [2.24, 2.45) is 0 Å². The molecule has 1 aromatic rings. The fourth-order valence-electron chi connectivity index (χ4n) is 4.94. The van der Waals surface area contributed by atoms with Gasteiger partial charge in [0.2, 0.25) is 0 Å². The monoisotopic (exact) mass is 486 g/mol. The highest BCUT2D eigenvalue weighted by atomic mass is 16.5. The molecule has 0 radical (unpaired) electrons. The molecule has 1 rings (SSSR count). The SMILES string of the molecule is CCCCCCCCC(CCCCCCCC)OC(=O)CCCCCCCCCc1ccccc1. The summed E-state index contributed by atoms with van der Waals surface area (Å²) in [5.41, 5.74) is 1.46. The summed E-state index contributed by atoms with van der Waals surface area (Å²) in [6.07, 6.45) is 28.4. The molecule has 0 N–H and O–H groups in total. The first kappa shape index (κ1) is 31.7. The Kier molecular flexibility index (Phi) is 22.1. The molecule has 0 heterocycles. The second-order valence-corrected chi connectivity index (χ2v) is 10.7. The van der Waals surface area contributed by atoms with E-state index in [2.05, 4.69) is 44.2 Å². The predicted octanol–water partition coefficient (Wildman–Crippen LogP) is 10.8. The highest BCUT2D eigenvalue weighted by molar-refractivity contribution is 5.69. The third-order valence-electron chi connectivity index (χ3n) is 7.25. The number of ether oxygens (including phenoxy) is 1. The lowest BCUT2D eigenvalue weighted by Crippen LogP contribution is -2.18. The van der Waals surface area contributed by atoms with E-state index in [9.17, 15) is 4.79 Å². The quantitative estimate of drug-likeness (QED) is 0.101. The van der Waals surface area contributed by atoms with Crippen molar-refractivity contribution in [2.75, 3.05) is 0 Å². The normalized spacial score (nSPS) is 11.3. The van der Waals surface area contributed by atoms with Crippen molar-refractivity contribution in [1.29, 1.82) is 0 Å². The Bertz CT molecular complexity index is 552. The van der Waals surface area contributed by atoms with Gasteiger partial charge in [0.25, 0.3) is 0 Å². The summed E-state index contributed by atoms with van der Waals surface area (Å²) < 4.78 is 5.97. The zero-order valence-corrected chi connectivity index (χ0v) is 23.5. The molecule has 0 aromatic heterocycles. The molecule has 35 heavy (non-hydrogen) atoms. The summed E-state index contributed by atoms with van der Waals surface area (Å²) >= 11 is 0. The Morgan fingerprint density at radius 1 is 0.600 bits per heavy atom. The van der Waals surface area contributed by atoms with E-state index >= 15 is 0 Å². The van der Waals surface area contributed by atoms with Crippen LogP contribution in [0.3, 0.4) is 0 Å². The molecule has 0 spiro atoms. The van der Waals surface area contributed by atoms with E-state index in [1.165, 1.54) is 121 Å². The smallest absolute Gasteiger partial charge is 0.306 e. The number of aryl methyl sites for hydroxylation is 1. The van der Waals surface area contributed by atoms with Gasteiger partial charge in [-0.3, -0.25) is 4.79 Å². The molecule has 0 aliphatic rings. The molecule has 202 valence electrons. The Morgan fingerprint density at radius 3 is 1.60 bits per heavy atom. The maximum Gasteiger partial charge on any atom is 0.306 e. The number of unbranched alkanes of at least 4 members (excludes halogenated alkanes) is 16. The van der Waals surface area contributed by atoms with Crippen LogP contribution in [0.1, 0.15) is 161 Å². The van der Waals surface area contributed by atoms with E-state index in [4.69, 9.17) is 4.74 Å². The van der Waals surface area contributed by atoms with Gasteiger partial charge in [0.1, 0.15) is 6.10 Å². The van der Waals surface area contributed by atoms with Crippen LogP contribution in [-0.2, 0) is 16.0 Å². The van der Waals surface area contributed by atoms with E-state index < -0.39 is 0 Å². The third-order valence-corrected chi connectivity index (χ3v) is 7.25. The van der Waals surface area contributed by atoms with Gasteiger partial charge in [-0.1, -0.05) is 140 Å². The number of rotatable bonds is 25. The van der Waals surface area contributed by atoms with Gasteiger partial charge in [-0.05, 0) is 50.5 Å². The van der Waals surface area contributed by atoms with Crippen LogP contribution in [0.4, 0.5) is 0 Å². The van der Waals surface area contributed by atoms with Gasteiger partial charge in [0.05, 0.1) is 0 Å². The van der Waals surface area contributed by atoms with Crippen LogP contribution in [0.25, 0.3) is 0 Å². The standard InChI is InChI=1S/C33H58O2/c1-3-5-7-9-15-22-28-32(29-23-16-10-8-6-4-2)35-33(34)30-24-17-13-11-12-14-19-25-31-26-20-18-21-27-31/h18,20-21,26-27,32H,3-17,19,22-25,28-30H2,1-2H3. The molecule has 0 fully saturated rings. The van der Waals surface area contributed by atoms with Crippen LogP contribution < -0.4 is 0 Å². The molecule has 2 nitrogen and oxygen atoms in total. The summed E-state index contributed by atoms with van der Waals surface area (Å²) in [4.78, 5) is 12.5. The first-order chi connectivity index (χ1) is 17.3. The van der Waals surface area contributed by atoms with Crippen LogP contribution in [0.15, 0.2) is 30.3 Å². The highest BCUT2D eigenvalue weighted by Crippen LogP contribution is 2.18. The van der Waals surface area contributed by atoms with Crippen LogP contribution >= 0.6 is 0 Å². The third kappa shape index (κ3) is 20.6. The van der Waals surface area contributed by atoms with E-state index in [1.807, 2.05) is 0 Å². The van der Waals surface area contributed by atoms with Crippen LogP contribution in [0.5, 0.6) is 0 Å². The van der Waals surface area contributed by atoms with Gasteiger partial charge in [-0.2, -0.15) is 0 Å². The first-order valence-electron chi connectivity index (χ1n) is 15.5. The molecule has 0 saturated carbocycles. The van der Waals surface area contributed by atoms with Gasteiger partial charge >= 0.3 is 5.97 Å². The molecule has 0 saturated heterocycles. The van der Waals surface area contributed by atoms with E-state index in [0.717, 1.165) is 25.7 Å². The zero-order valence-electron chi connectivity index (χ0n) is 23.5. The van der Waals surface area contributed by atoms with Crippen molar-refractivity contribution in [3.63, 3.8) is 0 Å². The molecule has 0 aliphatic carbocycles. The van der Waals surface area contributed by atoms with Crippen LogP contribution in [0, 0.1) is 0 Å². The molecule has 0 amide bonds. The average molecular weight is 487 g/mol. The minimum Gasteiger partial charge on any atom is -0.462 e. The minimum absolute atomic E-state index is 0.0508. The molecule has 2 heteroatoms. The van der Waals surface area contributed by atoms with E-state index in [-0.39, 0.29) is 12.1 Å². The average Bonchev–Trinajstić information content (AvgIpc) is 2.87. The van der Waals surface area contributed by atoms with Crippen molar-refractivity contribution < 1.29 is 9.53 Å². The Hall–Kier alpha value is -1.31. The van der Waals surface area contributed by atoms with Gasteiger partial charge in [-0.25, -0.2) is 0 Å². The molecule has 0 unspecified atom stereocenters. The first-order valence-corrected chi connectivity index (χ1v) is 15.5. The molecule has 1 aromatic carbocycles. The number of hydrogen-bond acceptors (Lipinski definition) is 2. The molecular formula is C33H58O2. The lowest BCUT2D eigenvalue weighted by Gasteiger charge is -2.18. The number of hydrogen-bond donors (Lipinski definition) is 0. The summed E-state index contributed by atoms with van der Waals surface area (Å²) in [5.74, 6) is 0.0508. The largest absolute Gasteiger partial charge is 0.462 e. The lowest BCUT2D eigenvalue weighted by molar-refractivity contribution is -0.150. The van der Waals surface area contributed by atoms with Crippen molar-refractivity contribution in [1.82, 2.24) is 0 Å². The highest BCUT2D eigenvalue weighted by Gasteiger charge is 2.14. The van der Waals surface area contributed by atoms with Crippen molar-refractivity contribution in [3.05, 3.63) is 35.9 Å². The van der Waals surface area contributed by atoms with Gasteiger partial charge in [0, 0.05) is 6.42 Å². The summed E-state index contributed by atoms with van der Waals surface area (Å²) in [5, 5.41) is 0. The van der Waals surface area contributed by atoms with Crippen molar-refractivity contribution in [2.45, 2.75) is 168 Å². The maximum atomic E-state index is 12.5. The fourth-order valence-corrected chi connectivity index (χ4v) is 4.94. The second-order valence-electron chi connectivity index (χ2n) is 10.7. The maximum absolute atomic E-state index is 12.5. The lowest BCUT2D eigenvalue weighted by atomic mass is 10.0. The van der Waals surface area contributed by atoms with Gasteiger partial charge in [-0.15, -0.1) is 0 Å². The second kappa shape index (κ2) is 24.4. The van der Waals surface area contributed by atoms with Crippen molar-refractivity contribution >= 4 is 5.97 Å². The van der Waals surface area contributed by atoms with E-state index in [1.54, 1.807) is 0 Å². The summed E-state index contributed by atoms with van der Waals surface area (Å²) in [6, 6.07) is 10.8. The fraction of sp³-hybridized carbons (Fsp3) is 0.788. The van der Waals surface area contributed by atoms with E-state index in [0.29, 0.717) is 6.42 Å². The Morgan fingerprint density at radius 2 is 1.06 bits per heavy atom. The number of carbonyl (C=O) groups is 1. The molecule has 0 aliphatic heterocycles. The topological polar surface area (TPSA) is 26.3 Å². The molecular weight excluding hydrogens is 428 g/mol. The molecule has 0 bridgehead atoms. The Labute approximate surface area is 219 Å². The van der Waals surface area contributed by atoms with Crippen LogP contribution in [0.2, 0.25) is 0 Å². The van der Waals surface area contributed by atoms with Crippen LogP contribution in [-0.4, -0.2) is 12.1 Å². The Balaban J connectivity index is 2.10. The predicted molar refractivity (Wildman–Crippen MR) is 153 cm³/mol.